The first-order valence-electron chi connectivity index (χ1n) is 9.81. The van der Waals surface area contributed by atoms with Gasteiger partial charge in [0.25, 0.3) is 11.2 Å². The van der Waals surface area contributed by atoms with Gasteiger partial charge in [0.15, 0.2) is 0 Å². The van der Waals surface area contributed by atoms with Crippen molar-refractivity contribution in [1.29, 1.82) is 0 Å². The monoisotopic (exact) mass is 430 g/mol. The van der Waals surface area contributed by atoms with E-state index in [4.69, 9.17) is 4.98 Å². The first-order chi connectivity index (χ1) is 15.1. The maximum atomic E-state index is 13.3. The van der Waals surface area contributed by atoms with Gasteiger partial charge < -0.3 is 5.32 Å². The van der Waals surface area contributed by atoms with E-state index in [-0.39, 0.29) is 11.2 Å². The van der Waals surface area contributed by atoms with Gasteiger partial charge in [-0.15, -0.1) is 11.3 Å². The maximum Gasteiger partial charge on any atom is 0.292 e. The third-order valence-corrected chi connectivity index (χ3v) is 6.37. The minimum atomic E-state index is -0.403. The van der Waals surface area contributed by atoms with E-state index in [1.54, 1.807) is 17.7 Å². The van der Waals surface area contributed by atoms with Gasteiger partial charge in [-0.2, -0.15) is 0 Å². The molecule has 0 amide bonds. The number of nitrogens with one attached hydrogen (secondary N) is 1. The number of nitro benzene ring substituents is 1. The summed E-state index contributed by atoms with van der Waals surface area (Å²) in [5.74, 6) is 0.638. The molecule has 0 spiro atoms. The molecule has 0 saturated heterocycles. The number of hydrogen-bond acceptors (Lipinski definition) is 6. The normalized spacial score (nSPS) is 14.2. The minimum absolute atomic E-state index is 0.0152. The molecular formula is C23H18N4O3S. The van der Waals surface area contributed by atoms with Crippen molar-refractivity contribution in [3.63, 3.8) is 0 Å². The molecule has 0 atom stereocenters. The van der Waals surface area contributed by atoms with Crippen LogP contribution in [0.2, 0.25) is 0 Å². The van der Waals surface area contributed by atoms with Crippen LogP contribution in [0.1, 0.15) is 17.8 Å². The van der Waals surface area contributed by atoms with Crippen molar-refractivity contribution in [2.75, 3.05) is 12.4 Å². The van der Waals surface area contributed by atoms with Gasteiger partial charge in [0.1, 0.15) is 16.3 Å². The highest BCUT2D eigenvalue weighted by atomic mass is 32.1. The highest BCUT2D eigenvalue weighted by Crippen LogP contribution is 2.35. The van der Waals surface area contributed by atoms with Gasteiger partial charge in [-0.25, -0.2) is 4.98 Å². The summed E-state index contributed by atoms with van der Waals surface area (Å²) in [7, 11) is 1.65. The number of fused-ring (bicyclic) bond motifs is 2. The molecule has 2 aromatic heterocycles. The van der Waals surface area contributed by atoms with Gasteiger partial charge in [0.05, 0.1) is 10.3 Å². The van der Waals surface area contributed by atoms with Crippen LogP contribution in [0.5, 0.6) is 0 Å². The average molecular weight is 430 g/mol. The molecule has 0 radical (unpaired) electrons. The third-order valence-electron chi connectivity index (χ3n) is 5.50. The fraction of sp³-hybridized carbons (Fsp3) is 0.130. The lowest BCUT2D eigenvalue weighted by atomic mass is 10.1. The van der Waals surface area contributed by atoms with Crippen LogP contribution in [0.3, 0.4) is 0 Å². The zero-order chi connectivity index (χ0) is 21.5. The Morgan fingerprint density at radius 3 is 2.77 bits per heavy atom. The van der Waals surface area contributed by atoms with E-state index in [2.05, 4.69) is 5.32 Å². The van der Waals surface area contributed by atoms with Gasteiger partial charge in [-0.1, -0.05) is 36.4 Å². The summed E-state index contributed by atoms with van der Waals surface area (Å²) in [5, 5.41) is 16.8. The second-order valence-corrected chi connectivity index (χ2v) is 8.15. The van der Waals surface area contributed by atoms with Gasteiger partial charge in [-0.05, 0) is 35.3 Å². The van der Waals surface area contributed by atoms with Crippen molar-refractivity contribution in [3.8, 4) is 11.1 Å². The molecule has 0 fully saturated rings. The van der Waals surface area contributed by atoms with Crippen LogP contribution in [0.4, 0.5) is 11.4 Å². The third kappa shape index (κ3) is 3.21. The molecular weight excluding hydrogens is 412 g/mol. The zero-order valence-corrected chi connectivity index (χ0v) is 17.5. The molecule has 1 aliphatic heterocycles. The Bertz CT molecular complexity index is 1420. The van der Waals surface area contributed by atoms with Crippen molar-refractivity contribution < 1.29 is 4.92 Å². The van der Waals surface area contributed by atoms with Gasteiger partial charge in [0, 0.05) is 30.6 Å². The lowest BCUT2D eigenvalue weighted by molar-refractivity contribution is -0.383. The fourth-order valence-corrected chi connectivity index (χ4v) is 4.93. The molecule has 1 aliphatic rings. The summed E-state index contributed by atoms with van der Waals surface area (Å²) < 4.78 is 1.71. The lowest BCUT2D eigenvalue weighted by Gasteiger charge is -2.06. The Hall–Kier alpha value is -3.78. The molecule has 31 heavy (non-hydrogen) atoms. The first-order valence-corrected chi connectivity index (χ1v) is 10.7. The van der Waals surface area contributed by atoms with E-state index in [1.165, 1.54) is 17.4 Å². The molecule has 0 unspecified atom stereocenters. The van der Waals surface area contributed by atoms with Crippen molar-refractivity contribution in [1.82, 2.24) is 9.55 Å². The number of aromatic nitrogens is 2. The second kappa shape index (κ2) is 7.48. The van der Waals surface area contributed by atoms with Crippen LogP contribution in [-0.2, 0) is 6.54 Å². The number of allylic oxidation sites excluding steroid dienone is 1. The Kier molecular flexibility index (Phi) is 4.63. The fourth-order valence-electron chi connectivity index (χ4n) is 3.99. The van der Waals surface area contributed by atoms with E-state index in [1.807, 2.05) is 47.9 Å². The number of nitrogens with zero attached hydrogens (tertiary/aromatic N) is 3. The largest absolute Gasteiger partial charge is 0.383 e. The van der Waals surface area contributed by atoms with Crippen molar-refractivity contribution in [2.45, 2.75) is 13.0 Å². The Morgan fingerprint density at radius 1 is 1.23 bits per heavy atom. The number of benzene rings is 2. The van der Waals surface area contributed by atoms with E-state index in [9.17, 15) is 14.9 Å². The maximum absolute atomic E-state index is 13.3. The Labute approximate surface area is 181 Å². The Balaban J connectivity index is 1.62. The van der Waals surface area contributed by atoms with E-state index in [0.717, 1.165) is 16.7 Å². The molecule has 0 aliphatic carbocycles. The molecule has 2 aromatic carbocycles. The van der Waals surface area contributed by atoms with E-state index >= 15 is 0 Å². The van der Waals surface area contributed by atoms with Crippen molar-refractivity contribution in [3.05, 3.63) is 85.8 Å². The van der Waals surface area contributed by atoms with Crippen molar-refractivity contribution in [2.24, 2.45) is 0 Å². The molecule has 8 heteroatoms. The van der Waals surface area contributed by atoms with Crippen LogP contribution in [0.25, 0.3) is 33.0 Å². The van der Waals surface area contributed by atoms with Gasteiger partial charge >= 0.3 is 0 Å². The second-order valence-electron chi connectivity index (χ2n) is 7.29. The average Bonchev–Trinajstić information content (AvgIpc) is 3.39. The number of thiophene rings is 1. The summed E-state index contributed by atoms with van der Waals surface area (Å²) in [5.41, 5.74) is 3.95. The Morgan fingerprint density at radius 2 is 2.03 bits per heavy atom. The molecule has 154 valence electrons. The molecule has 1 N–H and O–H groups in total. The smallest absolute Gasteiger partial charge is 0.292 e. The predicted molar refractivity (Wildman–Crippen MR) is 124 cm³/mol. The summed E-state index contributed by atoms with van der Waals surface area (Å²) in [6.45, 7) is 0.545. The highest BCUT2D eigenvalue weighted by Gasteiger charge is 2.24. The quantitative estimate of drug-likeness (QED) is 0.363. The van der Waals surface area contributed by atoms with Crippen molar-refractivity contribution >= 4 is 44.6 Å². The highest BCUT2D eigenvalue weighted by molar-refractivity contribution is 7.17. The van der Waals surface area contributed by atoms with Crippen LogP contribution in [-0.4, -0.2) is 21.5 Å². The van der Waals surface area contributed by atoms with Crippen LogP contribution >= 0.6 is 11.3 Å². The molecule has 4 aromatic rings. The molecule has 7 nitrogen and oxygen atoms in total. The summed E-state index contributed by atoms with van der Waals surface area (Å²) in [6.07, 6.45) is 2.54. The topological polar surface area (TPSA) is 90.1 Å². The summed E-state index contributed by atoms with van der Waals surface area (Å²) >= 11 is 1.46. The van der Waals surface area contributed by atoms with E-state index in [0.29, 0.717) is 40.3 Å². The number of rotatable bonds is 4. The number of hydrogen-bond donors (Lipinski definition) is 1. The number of nitro groups is 1. The molecule has 0 bridgehead atoms. The predicted octanol–water partition coefficient (Wildman–Crippen LogP) is 5.02. The van der Waals surface area contributed by atoms with Crippen LogP contribution in [0.15, 0.2) is 58.7 Å². The first kappa shape index (κ1) is 19.2. The summed E-state index contributed by atoms with van der Waals surface area (Å²) in [4.78, 5) is 29.8. The molecule has 0 saturated carbocycles. The van der Waals surface area contributed by atoms with E-state index < -0.39 is 4.92 Å². The molecule has 3 heterocycles. The SMILES string of the molecule is CNc1ccc(/C=C2\CCn3c2nc2scc(-c4ccccc4)c2c3=O)cc1[N+](=O)[O-]. The van der Waals surface area contributed by atoms with Crippen LogP contribution < -0.4 is 10.9 Å². The molecule has 5 rings (SSSR count). The van der Waals surface area contributed by atoms with Gasteiger partial charge in [0.2, 0.25) is 0 Å². The minimum Gasteiger partial charge on any atom is -0.383 e. The van der Waals surface area contributed by atoms with Crippen LogP contribution in [0, 0.1) is 10.1 Å². The lowest BCUT2D eigenvalue weighted by Crippen LogP contribution is -2.20. The standard InChI is InChI=1S/C23H18N4O3S/c1-24-18-8-7-14(12-19(18)27(29)30)11-16-9-10-26-21(16)25-22-20(23(26)28)17(13-31-22)15-5-3-2-4-6-15/h2-8,11-13,24H,9-10H2,1H3/b16-11+. The zero-order valence-electron chi connectivity index (χ0n) is 16.7. The summed E-state index contributed by atoms with van der Waals surface area (Å²) in [6, 6.07) is 14.9. The number of anilines is 1. The van der Waals surface area contributed by atoms with Gasteiger partial charge in [-0.3, -0.25) is 19.5 Å².